The van der Waals surface area contributed by atoms with Crippen LogP contribution in [0.5, 0.6) is 0 Å². The zero-order valence-corrected chi connectivity index (χ0v) is 12.5. The minimum absolute atomic E-state index is 0.946. The highest BCUT2D eigenvalue weighted by molar-refractivity contribution is 4.73. The lowest BCUT2D eigenvalue weighted by atomic mass is 10.1. The van der Waals surface area contributed by atoms with Gasteiger partial charge in [-0.2, -0.15) is 0 Å². The highest BCUT2D eigenvalue weighted by atomic mass is 15.1. The van der Waals surface area contributed by atoms with E-state index in [-0.39, 0.29) is 0 Å². The second-order valence-electron chi connectivity index (χ2n) is 6.80. The van der Waals surface area contributed by atoms with E-state index in [9.17, 15) is 0 Å². The fraction of sp³-hybridized carbons (Fsp3) is 1.00. The third-order valence-electron chi connectivity index (χ3n) is 4.71. The number of rotatable bonds is 7. The molecule has 0 aromatic heterocycles. The predicted octanol–water partition coefficient (Wildman–Crippen LogP) is 3.23. The summed E-state index contributed by atoms with van der Waals surface area (Å²) in [5.41, 5.74) is 0. The summed E-state index contributed by atoms with van der Waals surface area (Å²) in [6, 6.07) is 0. The lowest BCUT2D eigenvalue weighted by Gasteiger charge is -2.16. The van der Waals surface area contributed by atoms with Crippen LogP contribution in [-0.4, -0.2) is 49.1 Å². The first-order valence-electron chi connectivity index (χ1n) is 8.19. The van der Waals surface area contributed by atoms with Crippen LogP contribution in [0.3, 0.4) is 0 Å². The average molecular weight is 252 g/mol. The monoisotopic (exact) mass is 252 g/mol. The lowest BCUT2D eigenvalue weighted by molar-refractivity contribution is 0.303. The van der Waals surface area contributed by atoms with Crippen LogP contribution in [0.1, 0.15) is 52.4 Å². The maximum Gasteiger partial charge on any atom is 0.000750 e. The summed E-state index contributed by atoms with van der Waals surface area (Å²) in [6.07, 6.45) is 8.56. The van der Waals surface area contributed by atoms with Gasteiger partial charge in [0, 0.05) is 13.1 Å². The first kappa shape index (κ1) is 14.3. The third-order valence-corrected chi connectivity index (χ3v) is 4.71. The number of unbranched alkanes of at least 4 members (excludes halogenated alkanes) is 3. The molecular weight excluding hydrogens is 220 g/mol. The standard InChI is InChI=1S/C16H32N2/c1-15-7-11-17(13-15)9-5-3-4-6-10-18-12-8-16(2)14-18/h15-16H,3-14H2,1-2H3. The van der Waals surface area contributed by atoms with E-state index in [2.05, 4.69) is 23.6 Å². The van der Waals surface area contributed by atoms with Gasteiger partial charge in [0.2, 0.25) is 0 Å². The van der Waals surface area contributed by atoms with Gasteiger partial charge in [0.1, 0.15) is 0 Å². The molecule has 0 bridgehead atoms. The molecule has 2 saturated heterocycles. The van der Waals surface area contributed by atoms with Crippen LogP contribution in [0.2, 0.25) is 0 Å². The highest BCUT2D eigenvalue weighted by Crippen LogP contribution is 2.17. The first-order chi connectivity index (χ1) is 8.74. The fourth-order valence-corrected chi connectivity index (χ4v) is 3.48. The SMILES string of the molecule is CC1CCN(CCCCCCN2CCC(C)C2)C1. The molecule has 0 aromatic rings. The molecule has 2 heteroatoms. The van der Waals surface area contributed by atoms with Gasteiger partial charge in [0.15, 0.2) is 0 Å². The van der Waals surface area contributed by atoms with E-state index in [4.69, 9.17) is 0 Å². The second-order valence-corrected chi connectivity index (χ2v) is 6.80. The van der Waals surface area contributed by atoms with Crippen molar-refractivity contribution in [2.75, 3.05) is 39.3 Å². The molecule has 0 aromatic carbocycles. The van der Waals surface area contributed by atoms with Crippen LogP contribution < -0.4 is 0 Å². The van der Waals surface area contributed by atoms with Gasteiger partial charge in [0.05, 0.1) is 0 Å². The number of likely N-dealkylation sites (tertiary alicyclic amines) is 2. The van der Waals surface area contributed by atoms with Gasteiger partial charge >= 0.3 is 0 Å². The Hall–Kier alpha value is -0.0800. The summed E-state index contributed by atoms with van der Waals surface area (Å²) >= 11 is 0. The summed E-state index contributed by atoms with van der Waals surface area (Å²) in [5, 5.41) is 0. The van der Waals surface area contributed by atoms with E-state index in [1.54, 1.807) is 0 Å². The van der Waals surface area contributed by atoms with Crippen LogP contribution in [0.15, 0.2) is 0 Å². The van der Waals surface area contributed by atoms with E-state index in [0.717, 1.165) is 11.8 Å². The molecule has 2 rings (SSSR count). The molecule has 106 valence electrons. The zero-order valence-electron chi connectivity index (χ0n) is 12.5. The molecule has 2 nitrogen and oxygen atoms in total. The van der Waals surface area contributed by atoms with Crippen molar-refractivity contribution < 1.29 is 0 Å². The smallest absolute Gasteiger partial charge is 0.000750 e. The topological polar surface area (TPSA) is 6.48 Å². The molecule has 2 unspecified atom stereocenters. The van der Waals surface area contributed by atoms with Crippen molar-refractivity contribution in [1.29, 1.82) is 0 Å². The Morgan fingerprint density at radius 2 is 1.17 bits per heavy atom. The van der Waals surface area contributed by atoms with E-state index in [1.165, 1.54) is 77.8 Å². The molecule has 2 atom stereocenters. The number of hydrogen-bond donors (Lipinski definition) is 0. The summed E-state index contributed by atoms with van der Waals surface area (Å²) in [5.74, 6) is 1.89. The van der Waals surface area contributed by atoms with Gasteiger partial charge in [-0.25, -0.2) is 0 Å². The van der Waals surface area contributed by atoms with Gasteiger partial charge in [-0.05, 0) is 63.7 Å². The van der Waals surface area contributed by atoms with Crippen molar-refractivity contribution in [2.45, 2.75) is 52.4 Å². The van der Waals surface area contributed by atoms with E-state index in [1.807, 2.05) is 0 Å². The third kappa shape index (κ3) is 4.89. The lowest BCUT2D eigenvalue weighted by Crippen LogP contribution is -2.22. The molecule has 2 heterocycles. The Bertz CT molecular complexity index is 205. The fourth-order valence-electron chi connectivity index (χ4n) is 3.48. The number of nitrogens with zero attached hydrogens (tertiary/aromatic N) is 2. The van der Waals surface area contributed by atoms with Crippen molar-refractivity contribution in [3.63, 3.8) is 0 Å². The molecule has 0 radical (unpaired) electrons. The maximum absolute atomic E-state index is 2.66. The Balaban J connectivity index is 1.40. The van der Waals surface area contributed by atoms with Crippen molar-refractivity contribution in [1.82, 2.24) is 9.80 Å². The van der Waals surface area contributed by atoms with Crippen LogP contribution in [0, 0.1) is 11.8 Å². The van der Waals surface area contributed by atoms with Gasteiger partial charge in [-0.1, -0.05) is 26.7 Å². The average Bonchev–Trinajstić information content (AvgIpc) is 2.93. The first-order valence-corrected chi connectivity index (χ1v) is 8.19. The van der Waals surface area contributed by atoms with Gasteiger partial charge < -0.3 is 9.80 Å². The van der Waals surface area contributed by atoms with Crippen molar-refractivity contribution >= 4 is 0 Å². The molecule has 2 aliphatic rings. The van der Waals surface area contributed by atoms with E-state index >= 15 is 0 Å². The minimum atomic E-state index is 0.946. The van der Waals surface area contributed by atoms with Crippen LogP contribution in [-0.2, 0) is 0 Å². The molecular formula is C16H32N2. The second kappa shape index (κ2) is 7.49. The summed E-state index contributed by atoms with van der Waals surface area (Å²) in [7, 11) is 0. The Morgan fingerprint density at radius 1 is 0.722 bits per heavy atom. The number of hydrogen-bond acceptors (Lipinski definition) is 2. The molecule has 18 heavy (non-hydrogen) atoms. The molecule has 0 saturated carbocycles. The van der Waals surface area contributed by atoms with Gasteiger partial charge in [-0.15, -0.1) is 0 Å². The zero-order chi connectivity index (χ0) is 12.8. The largest absolute Gasteiger partial charge is 0.303 e. The molecule has 2 aliphatic heterocycles. The molecule has 2 fully saturated rings. The summed E-state index contributed by atoms with van der Waals surface area (Å²) in [4.78, 5) is 5.32. The molecule has 0 aliphatic carbocycles. The summed E-state index contributed by atoms with van der Waals surface area (Å²) in [6.45, 7) is 12.9. The van der Waals surface area contributed by atoms with Crippen molar-refractivity contribution in [3.8, 4) is 0 Å². The van der Waals surface area contributed by atoms with E-state index in [0.29, 0.717) is 0 Å². The maximum atomic E-state index is 2.66. The van der Waals surface area contributed by atoms with Crippen molar-refractivity contribution in [3.05, 3.63) is 0 Å². The van der Waals surface area contributed by atoms with Crippen LogP contribution >= 0.6 is 0 Å². The van der Waals surface area contributed by atoms with Gasteiger partial charge in [-0.3, -0.25) is 0 Å². The molecule has 0 amide bonds. The minimum Gasteiger partial charge on any atom is -0.303 e. The Labute approximate surface area is 114 Å². The Kier molecular flexibility index (Phi) is 5.97. The normalized spacial score (nSPS) is 30.3. The predicted molar refractivity (Wildman–Crippen MR) is 78.9 cm³/mol. The molecule has 0 N–H and O–H groups in total. The van der Waals surface area contributed by atoms with Gasteiger partial charge in [0.25, 0.3) is 0 Å². The Morgan fingerprint density at radius 3 is 1.50 bits per heavy atom. The van der Waals surface area contributed by atoms with Crippen LogP contribution in [0.25, 0.3) is 0 Å². The quantitative estimate of drug-likeness (QED) is 0.642. The summed E-state index contributed by atoms with van der Waals surface area (Å²) < 4.78 is 0. The van der Waals surface area contributed by atoms with E-state index < -0.39 is 0 Å². The van der Waals surface area contributed by atoms with Crippen LogP contribution in [0.4, 0.5) is 0 Å². The molecule has 0 spiro atoms. The highest BCUT2D eigenvalue weighted by Gasteiger charge is 2.18. The van der Waals surface area contributed by atoms with Crippen molar-refractivity contribution in [2.24, 2.45) is 11.8 Å².